The number of hydrogen-bond acceptors (Lipinski definition) is 6. The van der Waals surface area contributed by atoms with Crippen LogP contribution in [-0.2, 0) is 11.3 Å². The Kier molecular flexibility index (Phi) is 4.83. The minimum atomic E-state index is -0.440. The van der Waals surface area contributed by atoms with Gasteiger partial charge in [-0.2, -0.15) is 0 Å². The number of ether oxygens (including phenoxy) is 2. The predicted octanol–water partition coefficient (Wildman–Crippen LogP) is 2.77. The summed E-state index contributed by atoms with van der Waals surface area (Å²) in [6.45, 7) is 2.07. The van der Waals surface area contributed by atoms with E-state index in [0.717, 1.165) is 19.5 Å². The molecule has 1 fully saturated rings. The van der Waals surface area contributed by atoms with Crippen LogP contribution in [0.1, 0.15) is 22.5 Å². The molecule has 1 aromatic heterocycles. The molecule has 2 heterocycles. The molecular weight excluding hydrogens is 320 g/mol. The van der Waals surface area contributed by atoms with Gasteiger partial charge in [0, 0.05) is 13.1 Å². The molecule has 3 rings (SSSR count). The van der Waals surface area contributed by atoms with Crippen LogP contribution in [-0.4, -0.2) is 42.3 Å². The monoisotopic (exact) mass is 336 g/mol. The Morgan fingerprint density at radius 2 is 2.30 bits per heavy atom. The van der Waals surface area contributed by atoms with Gasteiger partial charge in [-0.15, -0.1) is 0 Å². The molecule has 1 saturated heterocycles. The Hall–Kier alpha value is -2.05. The van der Waals surface area contributed by atoms with Crippen LogP contribution in [0.15, 0.2) is 35.0 Å². The molecule has 0 N–H and O–H groups in total. The predicted molar refractivity (Wildman–Crippen MR) is 83.6 cm³/mol. The van der Waals surface area contributed by atoms with E-state index in [1.807, 2.05) is 18.2 Å². The summed E-state index contributed by atoms with van der Waals surface area (Å²) in [5, 5.41) is 4.29. The fourth-order valence-electron chi connectivity index (χ4n) is 2.61. The molecule has 1 atom stereocenters. The van der Waals surface area contributed by atoms with Crippen LogP contribution >= 0.6 is 11.6 Å². The van der Waals surface area contributed by atoms with Crippen LogP contribution < -0.4 is 4.74 Å². The number of halogens is 1. The maximum Gasteiger partial charge on any atom is 0.343 e. The molecule has 122 valence electrons. The van der Waals surface area contributed by atoms with Crippen molar-refractivity contribution in [1.82, 2.24) is 10.1 Å². The van der Waals surface area contributed by atoms with Gasteiger partial charge in [0.15, 0.2) is 5.76 Å². The first-order valence-corrected chi connectivity index (χ1v) is 7.70. The molecule has 0 spiro atoms. The summed E-state index contributed by atoms with van der Waals surface area (Å²) in [7, 11) is 1.34. The Balaban J connectivity index is 1.59. The Labute approximate surface area is 138 Å². The van der Waals surface area contributed by atoms with Gasteiger partial charge in [0.1, 0.15) is 17.4 Å². The first kappa shape index (κ1) is 15.8. The maximum atomic E-state index is 11.6. The van der Waals surface area contributed by atoms with Gasteiger partial charge in [-0.25, -0.2) is 4.79 Å². The van der Waals surface area contributed by atoms with E-state index < -0.39 is 5.97 Å². The first-order valence-electron chi connectivity index (χ1n) is 7.32. The van der Waals surface area contributed by atoms with Gasteiger partial charge in [0.05, 0.1) is 24.9 Å². The highest BCUT2D eigenvalue weighted by atomic mass is 35.5. The number of para-hydroxylation sites is 1. The third-order valence-electron chi connectivity index (χ3n) is 3.78. The average Bonchev–Trinajstić information content (AvgIpc) is 3.19. The molecule has 0 amide bonds. The normalized spacial score (nSPS) is 18.1. The standard InChI is InChI=1S/C16H17ClN2O4/c1-21-16(20)12-8-18-23-15(12)10-19-7-6-11(9-19)22-14-5-3-2-4-13(14)17/h2-5,8,11H,6-7,9-10H2,1H3/t11-/m1/s1. The van der Waals surface area contributed by atoms with Crippen molar-refractivity contribution in [1.29, 1.82) is 0 Å². The van der Waals surface area contributed by atoms with Crippen molar-refractivity contribution in [3.8, 4) is 5.75 Å². The van der Waals surface area contributed by atoms with Crippen LogP contribution in [0, 0.1) is 0 Å². The minimum absolute atomic E-state index is 0.0550. The number of carbonyl (C=O) groups is 1. The Morgan fingerprint density at radius 3 is 3.09 bits per heavy atom. The quantitative estimate of drug-likeness (QED) is 0.782. The van der Waals surface area contributed by atoms with Crippen molar-refractivity contribution in [2.45, 2.75) is 19.1 Å². The van der Waals surface area contributed by atoms with Gasteiger partial charge in [0.25, 0.3) is 0 Å². The second kappa shape index (κ2) is 7.02. The molecule has 1 aliphatic heterocycles. The summed E-state index contributed by atoms with van der Waals surface area (Å²) in [6.07, 6.45) is 2.32. The smallest absolute Gasteiger partial charge is 0.343 e. The van der Waals surface area contributed by atoms with Gasteiger partial charge < -0.3 is 14.0 Å². The van der Waals surface area contributed by atoms with E-state index >= 15 is 0 Å². The van der Waals surface area contributed by atoms with Gasteiger partial charge in [-0.05, 0) is 18.6 Å². The third-order valence-corrected chi connectivity index (χ3v) is 4.09. The summed E-state index contributed by atoms with van der Waals surface area (Å²) in [5.41, 5.74) is 0.364. The number of esters is 1. The summed E-state index contributed by atoms with van der Waals surface area (Å²) in [5.74, 6) is 0.760. The van der Waals surface area contributed by atoms with Crippen molar-refractivity contribution in [2.75, 3.05) is 20.2 Å². The highest BCUT2D eigenvalue weighted by Gasteiger charge is 2.27. The molecule has 0 saturated carbocycles. The molecule has 0 radical (unpaired) electrons. The molecule has 1 aliphatic rings. The third kappa shape index (κ3) is 3.65. The first-order chi connectivity index (χ1) is 11.2. The van der Waals surface area contributed by atoms with E-state index in [1.54, 1.807) is 6.07 Å². The lowest BCUT2D eigenvalue weighted by Gasteiger charge is -2.16. The lowest BCUT2D eigenvalue weighted by atomic mass is 10.2. The lowest BCUT2D eigenvalue weighted by Crippen LogP contribution is -2.25. The number of aromatic nitrogens is 1. The van der Waals surface area contributed by atoms with Crippen molar-refractivity contribution < 1.29 is 18.8 Å². The van der Waals surface area contributed by atoms with E-state index in [4.69, 9.17) is 25.6 Å². The second-order valence-electron chi connectivity index (χ2n) is 5.35. The van der Waals surface area contributed by atoms with Gasteiger partial charge >= 0.3 is 5.97 Å². The lowest BCUT2D eigenvalue weighted by molar-refractivity contribution is 0.0596. The van der Waals surface area contributed by atoms with Crippen LogP contribution in [0.3, 0.4) is 0 Å². The van der Waals surface area contributed by atoms with Gasteiger partial charge in [0.2, 0.25) is 0 Å². The summed E-state index contributed by atoms with van der Waals surface area (Å²) < 4.78 is 15.8. The number of methoxy groups -OCH3 is 1. The molecule has 6 nitrogen and oxygen atoms in total. The Morgan fingerprint density at radius 1 is 1.48 bits per heavy atom. The topological polar surface area (TPSA) is 64.8 Å². The van der Waals surface area contributed by atoms with Gasteiger partial charge in [-0.1, -0.05) is 28.9 Å². The number of carbonyl (C=O) groups excluding carboxylic acids is 1. The molecule has 2 aromatic rings. The number of nitrogens with zero attached hydrogens (tertiary/aromatic N) is 2. The highest BCUT2D eigenvalue weighted by molar-refractivity contribution is 6.32. The zero-order valence-corrected chi connectivity index (χ0v) is 13.5. The number of likely N-dealkylation sites (tertiary alicyclic amines) is 1. The molecule has 0 bridgehead atoms. The fourth-order valence-corrected chi connectivity index (χ4v) is 2.79. The minimum Gasteiger partial charge on any atom is -0.487 e. The SMILES string of the molecule is COC(=O)c1cnoc1CN1CC[C@@H](Oc2ccccc2Cl)C1. The Bertz CT molecular complexity index is 688. The number of hydrogen-bond donors (Lipinski definition) is 0. The zero-order chi connectivity index (χ0) is 16.2. The number of benzene rings is 1. The number of rotatable bonds is 5. The van der Waals surface area contributed by atoms with E-state index in [-0.39, 0.29) is 6.10 Å². The van der Waals surface area contributed by atoms with Crippen LogP contribution in [0.25, 0.3) is 0 Å². The molecule has 0 unspecified atom stereocenters. The maximum absolute atomic E-state index is 11.6. The van der Waals surface area contributed by atoms with E-state index in [1.165, 1.54) is 13.3 Å². The van der Waals surface area contributed by atoms with E-state index in [0.29, 0.717) is 28.6 Å². The van der Waals surface area contributed by atoms with Crippen molar-refractivity contribution in [3.63, 3.8) is 0 Å². The van der Waals surface area contributed by atoms with Crippen molar-refractivity contribution in [3.05, 3.63) is 46.8 Å². The molecular formula is C16H17ClN2O4. The highest BCUT2D eigenvalue weighted by Crippen LogP contribution is 2.27. The van der Waals surface area contributed by atoms with Crippen molar-refractivity contribution in [2.24, 2.45) is 0 Å². The molecule has 1 aromatic carbocycles. The second-order valence-corrected chi connectivity index (χ2v) is 5.76. The van der Waals surface area contributed by atoms with Gasteiger partial charge in [-0.3, -0.25) is 4.90 Å². The summed E-state index contributed by atoms with van der Waals surface area (Å²) >= 11 is 6.11. The summed E-state index contributed by atoms with van der Waals surface area (Å²) in [6, 6.07) is 7.43. The van der Waals surface area contributed by atoms with Crippen LogP contribution in [0.5, 0.6) is 5.75 Å². The molecule has 7 heteroatoms. The summed E-state index contributed by atoms with van der Waals surface area (Å²) in [4.78, 5) is 13.8. The van der Waals surface area contributed by atoms with E-state index in [2.05, 4.69) is 10.1 Å². The van der Waals surface area contributed by atoms with Crippen LogP contribution in [0.2, 0.25) is 5.02 Å². The van der Waals surface area contributed by atoms with E-state index in [9.17, 15) is 4.79 Å². The van der Waals surface area contributed by atoms with Crippen molar-refractivity contribution >= 4 is 17.6 Å². The zero-order valence-electron chi connectivity index (χ0n) is 12.7. The molecule has 23 heavy (non-hydrogen) atoms. The fraction of sp³-hybridized carbons (Fsp3) is 0.375. The average molecular weight is 337 g/mol. The van der Waals surface area contributed by atoms with Crippen LogP contribution in [0.4, 0.5) is 0 Å². The molecule has 0 aliphatic carbocycles. The largest absolute Gasteiger partial charge is 0.487 e.